The third-order valence-corrected chi connectivity index (χ3v) is 6.14. The fourth-order valence-electron chi connectivity index (χ4n) is 3.68. The van der Waals surface area contributed by atoms with E-state index in [0.717, 1.165) is 50.3 Å². The molecule has 0 aromatic heterocycles. The summed E-state index contributed by atoms with van der Waals surface area (Å²) < 4.78 is 0. The van der Waals surface area contributed by atoms with Crippen molar-refractivity contribution in [2.45, 2.75) is 32.7 Å². The Kier molecular flexibility index (Phi) is 7.82. The minimum Gasteiger partial charge on any atom is -0.369 e. The number of amides is 1. The molecule has 1 saturated heterocycles. The van der Waals surface area contributed by atoms with E-state index in [1.807, 2.05) is 25.1 Å². The number of hydrogen-bond acceptors (Lipinski definition) is 3. The number of nitrogens with zero attached hydrogens (tertiary/aromatic N) is 2. The first kappa shape index (κ1) is 21.9. The smallest absolute Gasteiger partial charge is 0.234 e. The van der Waals surface area contributed by atoms with Crippen molar-refractivity contribution in [2.24, 2.45) is 0 Å². The van der Waals surface area contributed by atoms with Gasteiger partial charge in [-0.3, -0.25) is 9.69 Å². The first-order valence-corrected chi connectivity index (χ1v) is 11.0. The first-order valence-electron chi connectivity index (χ1n) is 10.3. The Labute approximate surface area is 183 Å². The van der Waals surface area contributed by atoms with E-state index in [9.17, 15) is 4.79 Å². The minimum absolute atomic E-state index is 0.00988. The van der Waals surface area contributed by atoms with Crippen molar-refractivity contribution in [3.05, 3.63) is 63.6 Å². The van der Waals surface area contributed by atoms with E-state index < -0.39 is 0 Å². The molecular formula is C23H29Cl2N3O. The molecule has 4 nitrogen and oxygen atoms in total. The summed E-state index contributed by atoms with van der Waals surface area (Å²) in [6.45, 7) is 8.05. The average Bonchev–Trinajstić information content (AvgIpc) is 2.71. The van der Waals surface area contributed by atoms with Crippen molar-refractivity contribution in [1.29, 1.82) is 0 Å². The third-order valence-electron chi connectivity index (χ3n) is 5.40. The Hall–Kier alpha value is -1.75. The second kappa shape index (κ2) is 10.3. The number of piperazine rings is 1. The highest BCUT2D eigenvalue weighted by Gasteiger charge is 2.20. The van der Waals surface area contributed by atoms with Gasteiger partial charge in [0.2, 0.25) is 5.91 Å². The van der Waals surface area contributed by atoms with E-state index in [4.69, 9.17) is 23.2 Å². The number of benzene rings is 2. The van der Waals surface area contributed by atoms with E-state index in [2.05, 4.69) is 46.3 Å². The molecule has 1 N–H and O–H groups in total. The molecule has 2 aromatic carbocycles. The van der Waals surface area contributed by atoms with E-state index in [-0.39, 0.29) is 11.9 Å². The van der Waals surface area contributed by atoms with Gasteiger partial charge in [-0.15, -0.1) is 0 Å². The maximum Gasteiger partial charge on any atom is 0.234 e. The molecule has 0 radical (unpaired) electrons. The van der Waals surface area contributed by atoms with Crippen molar-refractivity contribution < 1.29 is 4.79 Å². The van der Waals surface area contributed by atoms with Crippen LogP contribution in [0.2, 0.25) is 10.0 Å². The van der Waals surface area contributed by atoms with Crippen LogP contribution in [0, 0.1) is 0 Å². The highest BCUT2D eigenvalue weighted by atomic mass is 35.5. The zero-order valence-corrected chi connectivity index (χ0v) is 18.6. The fraction of sp³-hybridized carbons (Fsp3) is 0.435. The van der Waals surface area contributed by atoms with Crippen LogP contribution in [0.1, 0.15) is 37.4 Å². The van der Waals surface area contributed by atoms with Gasteiger partial charge in [-0.05, 0) is 42.7 Å². The third kappa shape index (κ3) is 6.11. The zero-order valence-electron chi connectivity index (χ0n) is 17.1. The molecule has 1 aliphatic rings. The lowest BCUT2D eigenvalue weighted by atomic mass is 10.0. The van der Waals surface area contributed by atoms with Crippen LogP contribution in [0.4, 0.5) is 5.69 Å². The molecule has 0 bridgehead atoms. The number of aryl methyl sites for hydroxylation is 1. The Bertz CT molecular complexity index is 817. The summed E-state index contributed by atoms with van der Waals surface area (Å²) in [4.78, 5) is 17.0. The number of carbonyl (C=O) groups excluding carboxylic acids is 1. The Balaban J connectivity index is 1.46. The van der Waals surface area contributed by atoms with Crippen LogP contribution < -0.4 is 10.2 Å². The Morgan fingerprint density at radius 2 is 1.72 bits per heavy atom. The number of halogens is 2. The molecule has 1 aliphatic heterocycles. The number of nitrogens with one attached hydrogen (secondary N) is 1. The predicted octanol–water partition coefficient (Wildman–Crippen LogP) is 4.95. The molecule has 3 rings (SSSR count). The van der Waals surface area contributed by atoms with Crippen LogP contribution >= 0.6 is 23.2 Å². The number of hydrogen-bond donors (Lipinski definition) is 1. The minimum atomic E-state index is 0.00988. The molecule has 1 heterocycles. The van der Waals surface area contributed by atoms with Crippen molar-refractivity contribution in [3.63, 3.8) is 0 Å². The molecule has 156 valence electrons. The van der Waals surface area contributed by atoms with Gasteiger partial charge in [0.25, 0.3) is 0 Å². The van der Waals surface area contributed by atoms with Gasteiger partial charge in [0.05, 0.1) is 22.6 Å². The van der Waals surface area contributed by atoms with Gasteiger partial charge < -0.3 is 10.2 Å². The lowest BCUT2D eigenvalue weighted by molar-refractivity contribution is -0.123. The summed E-state index contributed by atoms with van der Waals surface area (Å²) in [5.41, 5.74) is 3.56. The second-order valence-corrected chi connectivity index (χ2v) is 8.46. The summed E-state index contributed by atoms with van der Waals surface area (Å²) in [6.07, 6.45) is 2.24. The molecule has 1 fully saturated rings. The van der Waals surface area contributed by atoms with E-state index in [1.54, 1.807) is 0 Å². The van der Waals surface area contributed by atoms with Gasteiger partial charge in [0, 0.05) is 31.9 Å². The van der Waals surface area contributed by atoms with Gasteiger partial charge >= 0.3 is 0 Å². The van der Waals surface area contributed by atoms with Gasteiger partial charge in [-0.2, -0.15) is 0 Å². The lowest BCUT2D eigenvalue weighted by Crippen LogP contribution is -2.49. The monoisotopic (exact) mass is 433 g/mol. The van der Waals surface area contributed by atoms with Crippen molar-refractivity contribution in [2.75, 3.05) is 37.6 Å². The summed E-state index contributed by atoms with van der Waals surface area (Å²) in [6, 6.07) is 14.3. The summed E-state index contributed by atoms with van der Waals surface area (Å²) in [5.74, 6) is 0.0677. The first-order chi connectivity index (χ1) is 14.0. The van der Waals surface area contributed by atoms with Crippen molar-refractivity contribution in [1.82, 2.24) is 10.2 Å². The molecule has 29 heavy (non-hydrogen) atoms. The van der Waals surface area contributed by atoms with E-state index >= 15 is 0 Å². The molecule has 6 heteroatoms. The summed E-state index contributed by atoms with van der Waals surface area (Å²) >= 11 is 12.1. The predicted molar refractivity (Wildman–Crippen MR) is 122 cm³/mol. The normalized spacial score (nSPS) is 15.9. The van der Waals surface area contributed by atoms with E-state index in [0.29, 0.717) is 16.6 Å². The molecule has 1 amide bonds. The van der Waals surface area contributed by atoms with Crippen molar-refractivity contribution in [3.8, 4) is 0 Å². The molecule has 2 aromatic rings. The molecule has 0 aliphatic carbocycles. The standard InChI is InChI=1S/C23H29Cl2N3O/c1-3-4-18-5-7-19(8-6-18)17(2)26-23(29)16-27-11-13-28(14-12-27)20-9-10-21(24)22(25)15-20/h5-10,15,17H,3-4,11-14,16H2,1-2H3,(H,26,29). The van der Waals surface area contributed by atoms with Crippen LogP contribution in [0.25, 0.3) is 0 Å². The van der Waals surface area contributed by atoms with Crippen LogP contribution in [0.3, 0.4) is 0 Å². The average molecular weight is 434 g/mol. The molecule has 0 saturated carbocycles. The van der Waals surface area contributed by atoms with Gasteiger partial charge in [0.1, 0.15) is 0 Å². The maximum atomic E-state index is 12.5. The summed E-state index contributed by atoms with van der Waals surface area (Å²) in [7, 11) is 0. The number of anilines is 1. The van der Waals surface area contributed by atoms with Crippen LogP contribution in [0.5, 0.6) is 0 Å². The van der Waals surface area contributed by atoms with Gasteiger partial charge in [-0.25, -0.2) is 0 Å². The Morgan fingerprint density at radius 3 is 2.34 bits per heavy atom. The topological polar surface area (TPSA) is 35.6 Å². The molecule has 1 atom stereocenters. The number of rotatable bonds is 7. The quantitative estimate of drug-likeness (QED) is 0.670. The largest absolute Gasteiger partial charge is 0.369 e. The Morgan fingerprint density at radius 1 is 1.03 bits per heavy atom. The maximum absolute atomic E-state index is 12.5. The van der Waals surface area contributed by atoms with E-state index in [1.165, 1.54) is 5.56 Å². The molecule has 0 spiro atoms. The molecular weight excluding hydrogens is 405 g/mol. The summed E-state index contributed by atoms with van der Waals surface area (Å²) in [5, 5.41) is 4.27. The lowest BCUT2D eigenvalue weighted by Gasteiger charge is -2.36. The van der Waals surface area contributed by atoms with Gasteiger partial charge in [-0.1, -0.05) is 60.8 Å². The van der Waals surface area contributed by atoms with Crippen LogP contribution in [0.15, 0.2) is 42.5 Å². The number of carbonyl (C=O) groups is 1. The SMILES string of the molecule is CCCc1ccc(C(C)NC(=O)CN2CCN(c3ccc(Cl)c(Cl)c3)CC2)cc1. The van der Waals surface area contributed by atoms with Crippen LogP contribution in [-0.2, 0) is 11.2 Å². The highest BCUT2D eigenvalue weighted by molar-refractivity contribution is 6.42. The van der Waals surface area contributed by atoms with Crippen molar-refractivity contribution >= 4 is 34.8 Å². The molecule has 1 unspecified atom stereocenters. The van der Waals surface area contributed by atoms with Gasteiger partial charge in [0.15, 0.2) is 0 Å². The fourth-order valence-corrected chi connectivity index (χ4v) is 3.97. The highest BCUT2D eigenvalue weighted by Crippen LogP contribution is 2.27. The second-order valence-electron chi connectivity index (χ2n) is 7.64. The van der Waals surface area contributed by atoms with Crippen LogP contribution in [-0.4, -0.2) is 43.5 Å². The zero-order chi connectivity index (χ0) is 20.8.